The summed E-state index contributed by atoms with van der Waals surface area (Å²) in [5, 5.41) is 9.20. The molecule has 0 saturated carbocycles. The van der Waals surface area contributed by atoms with Crippen molar-refractivity contribution in [3.63, 3.8) is 0 Å². The van der Waals surface area contributed by atoms with E-state index in [4.69, 9.17) is 0 Å². The van der Waals surface area contributed by atoms with Gasteiger partial charge in [-0.25, -0.2) is 8.78 Å². The van der Waals surface area contributed by atoms with Crippen LogP contribution in [0.4, 0.5) is 8.78 Å². The van der Waals surface area contributed by atoms with E-state index < -0.39 is 11.8 Å². The van der Waals surface area contributed by atoms with Gasteiger partial charge in [0, 0.05) is 32.0 Å². The van der Waals surface area contributed by atoms with Gasteiger partial charge in [-0.3, -0.25) is 4.90 Å². The highest BCUT2D eigenvalue weighted by Gasteiger charge is 2.43. The molecule has 25 heavy (non-hydrogen) atoms. The number of piperidine rings is 1. The number of hydrogen-bond donors (Lipinski definition) is 0. The van der Waals surface area contributed by atoms with Crippen LogP contribution in [-0.4, -0.2) is 23.9 Å². The fourth-order valence-electron chi connectivity index (χ4n) is 3.49. The molecule has 1 atom stereocenters. The summed E-state index contributed by atoms with van der Waals surface area (Å²) in [7, 11) is 0. The Morgan fingerprint density at radius 3 is 2.56 bits per heavy atom. The molecule has 2 nitrogen and oxygen atoms in total. The normalized spacial score (nSPS) is 20.1. The first-order valence-corrected chi connectivity index (χ1v) is 8.70. The average Bonchev–Trinajstić information content (AvgIpc) is 2.63. The molecule has 0 bridgehead atoms. The minimum Gasteiger partial charge on any atom is -0.298 e. The lowest BCUT2D eigenvalue weighted by Gasteiger charge is -2.38. The van der Waals surface area contributed by atoms with Crippen LogP contribution in [0.2, 0.25) is 0 Å². The Morgan fingerprint density at radius 2 is 1.80 bits per heavy atom. The molecule has 3 rings (SSSR count). The van der Waals surface area contributed by atoms with Crippen LogP contribution in [0.25, 0.3) is 0 Å². The van der Waals surface area contributed by atoms with E-state index in [0.29, 0.717) is 38.0 Å². The fourth-order valence-corrected chi connectivity index (χ4v) is 3.49. The second kappa shape index (κ2) is 7.76. The molecule has 1 aliphatic heterocycles. The zero-order valence-corrected chi connectivity index (χ0v) is 14.2. The van der Waals surface area contributed by atoms with Crippen molar-refractivity contribution >= 4 is 0 Å². The summed E-state index contributed by atoms with van der Waals surface area (Å²) in [5.74, 6) is -3.25. The summed E-state index contributed by atoms with van der Waals surface area (Å²) >= 11 is 0. The van der Waals surface area contributed by atoms with Crippen LogP contribution in [0.5, 0.6) is 0 Å². The monoisotopic (exact) mass is 340 g/mol. The first kappa shape index (κ1) is 17.6. The zero-order valence-electron chi connectivity index (χ0n) is 14.2. The summed E-state index contributed by atoms with van der Waals surface area (Å²) in [4.78, 5) is 2.06. The molecule has 0 spiro atoms. The third-order valence-electron chi connectivity index (χ3n) is 4.99. The minimum atomic E-state index is -2.61. The number of hydrogen-bond acceptors (Lipinski definition) is 2. The molecule has 130 valence electrons. The third-order valence-corrected chi connectivity index (χ3v) is 4.99. The quantitative estimate of drug-likeness (QED) is 0.792. The fraction of sp³-hybridized carbons (Fsp3) is 0.381. The second-order valence-electron chi connectivity index (χ2n) is 6.74. The number of nitriles is 1. The molecule has 2 aromatic rings. The summed E-state index contributed by atoms with van der Waals surface area (Å²) in [5.41, 5.74) is 2.64. The van der Waals surface area contributed by atoms with E-state index in [0.717, 1.165) is 11.1 Å². The van der Waals surface area contributed by atoms with Crippen LogP contribution < -0.4 is 0 Å². The zero-order chi connectivity index (χ0) is 17.7. The first-order valence-electron chi connectivity index (χ1n) is 8.70. The molecular formula is C21H22F2N2. The van der Waals surface area contributed by atoms with Crippen LogP contribution in [0, 0.1) is 17.2 Å². The van der Waals surface area contributed by atoms with Crippen LogP contribution in [0.15, 0.2) is 54.6 Å². The van der Waals surface area contributed by atoms with Crippen molar-refractivity contribution < 1.29 is 8.78 Å². The summed E-state index contributed by atoms with van der Waals surface area (Å²) in [6, 6.07) is 19.4. The molecule has 4 heteroatoms. The Bertz CT molecular complexity index is 737. The largest absolute Gasteiger partial charge is 0.298 e. The van der Waals surface area contributed by atoms with Gasteiger partial charge in [-0.05, 0) is 30.0 Å². The molecule has 1 saturated heterocycles. The van der Waals surface area contributed by atoms with Crippen molar-refractivity contribution in [1.29, 1.82) is 5.26 Å². The van der Waals surface area contributed by atoms with Crippen molar-refractivity contribution in [2.24, 2.45) is 5.92 Å². The van der Waals surface area contributed by atoms with E-state index in [1.807, 2.05) is 48.5 Å². The Morgan fingerprint density at radius 1 is 1.08 bits per heavy atom. The SMILES string of the molecule is N#Cc1ccccc1CN1CCC(F)(F)C(CCc2ccccc2)C1. The maximum absolute atomic E-state index is 14.4. The molecular weight excluding hydrogens is 318 g/mol. The molecule has 1 unspecified atom stereocenters. The first-order chi connectivity index (χ1) is 12.1. The van der Waals surface area contributed by atoms with E-state index >= 15 is 0 Å². The lowest BCUT2D eigenvalue weighted by molar-refractivity contribution is -0.109. The average molecular weight is 340 g/mol. The van der Waals surface area contributed by atoms with Gasteiger partial charge < -0.3 is 0 Å². The van der Waals surface area contributed by atoms with Gasteiger partial charge in [0.2, 0.25) is 0 Å². The van der Waals surface area contributed by atoms with Gasteiger partial charge in [0.25, 0.3) is 5.92 Å². The maximum atomic E-state index is 14.4. The van der Waals surface area contributed by atoms with Crippen LogP contribution in [0.3, 0.4) is 0 Å². The molecule has 1 heterocycles. The molecule has 0 aliphatic carbocycles. The molecule has 0 N–H and O–H groups in total. The van der Waals surface area contributed by atoms with Gasteiger partial charge in [0.15, 0.2) is 0 Å². The smallest absolute Gasteiger partial charge is 0.253 e. The number of rotatable bonds is 5. The predicted octanol–water partition coefficient (Wildman–Crippen LogP) is 4.65. The van der Waals surface area contributed by atoms with E-state index in [1.165, 1.54) is 0 Å². The highest BCUT2D eigenvalue weighted by Crippen LogP contribution is 2.36. The lowest BCUT2D eigenvalue weighted by atomic mass is 9.88. The number of alkyl halides is 2. The molecule has 0 amide bonds. The van der Waals surface area contributed by atoms with Crippen molar-refractivity contribution in [2.75, 3.05) is 13.1 Å². The van der Waals surface area contributed by atoms with Crippen LogP contribution in [0.1, 0.15) is 29.5 Å². The summed E-state index contributed by atoms with van der Waals surface area (Å²) in [6.45, 7) is 1.30. The van der Waals surface area contributed by atoms with Crippen molar-refractivity contribution in [3.8, 4) is 6.07 Å². The minimum absolute atomic E-state index is 0.110. The van der Waals surface area contributed by atoms with Crippen molar-refractivity contribution in [1.82, 2.24) is 4.90 Å². The van der Waals surface area contributed by atoms with Gasteiger partial charge >= 0.3 is 0 Å². The number of likely N-dealkylation sites (tertiary alicyclic amines) is 1. The maximum Gasteiger partial charge on any atom is 0.253 e. The Labute approximate surface area is 147 Å². The highest BCUT2D eigenvalue weighted by molar-refractivity contribution is 5.37. The van der Waals surface area contributed by atoms with E-state index in [9.17, 15) is 14.0 Å². The summed E-state index contributed by atoms with van der Waals surface area (Å²) < 4.78 is 28.7. The predicted molar refractivity (Wildman–Crippen MR) is 94.3 cm³/mol. The molecule has 1 aliphatic rings. The number of benzene rings is 2. The highest BCUT2D eigenvalue weighted by atomic mass is 19.3. The molecule has 2 aromatic carbocycles. The van der Waals surface area contributed by atoms with E-state index in [1.54, 1.807) is 6.07 Å². The van der Waals surface area contributed by atoms with E-state index in [-0.39, 0.29) is 6.42 Å². The lowest BCUT2D eigenvalue weighted by Crippen LogP contribution is -2.46. The van der Waals surface area contributed by atoms with Crippen LogP contribution in [-0.2, 0) is 13.0 Å². The Hall–Kier alpha value is -2.25. The molecule has 1 fully saturated rings. The van der Waals surface area contributed by atoms with Crippen molar-refractivity contribution in [3.05, 3.63) is 71.3 Å². The second-order valence-corrected chi connectivity index (χ2v) is 6.74. The standard InChI is InChI=1S/C21H22F2N2/c22-21(23)12-13-25(15-19-9-5-4-8-18(19)14-24)16-20(21)11-10-17-6-2-1-3-7-17/h1-9,20H,10-13,15-16H2. The Balaban J connectivity index is 1.65. The summed E-state index contributed by atoms with van der Waals surface area (Å²) in [6.07, 6.45) is 1.04. The molecule has 0 aromatic heterocycles. The van der Waals surface area contributed by atoms with Gasteiger partial charge in [-0.2, -0.15) is 5.26 Å². The van der Waals surface area contributed by atoms with Gasteiger partial charge in [-0.15, -0.1) is 0 Å². The Kier molecular flexibility index (Phi) is 5.45. The van der Waals surface area contributed by atoms with Gasteiger partial charge in [0.1, 0.15) is 0 Å². The van der Waals surface area contributed by atoms with Crippen LogP contribution >= 0.6 is 0 Å². The van der Waals surface area contributed by atoms with Gasteiger partial charge in [0.05, 0.1) is 11.6 Å². The topological polar surface area (TPSA) is 27.0 Å². The number of nitrogens with zero attached hydrogens (tertiary/aromatic N) is 2. The number of aryl methyl sites for hydroxylation is 1. The number of halogens is 2. The van der Waals surface area contributed by atoms with Gasteiger partial charge in [-0.1, -0.05) is 48.5 Å². The van der Waals surface area contributed by atoms with E-state index in [2.05, 4.69) is 11.0 Å². The van der Waals surface area contributed by atoms with Crippen molar-refractivity contribution in [2.45, 2.75) is 31.7 Å². The third kappa shape index (κ3) is 4.43. The molecule has 0 radical (unpaired) electrons.